The van der Waals surface area contributed by atoms with Crippen molar-refractivity contribution in [3.63, 3.8) is 0 Å². The summed E-state index contributed by atoms with van der Waals surface area (Å²) >= 11 is 9.63. The normalized spacial score (nSPS) is 21.5. The second-order valence-electron chi connectivity index (χ2n) is 5.63. The summed E-state index contributed by atoms with van der Waals surface area (Å²) < 4.78 is 11.0. The second-order valence-corrected chi connectivity index (χ2v) is 6.75. The molecule has 122 valence electrons. The predicted octanol–water partition coefficient (Wildman–Crippen LogP) is 1.83. The fourth-order valence-corrected chi connectivity index (χ4v) is 3.54. The molecular formula is C15H22N2O3S2. The fraction of sp³-hybridized carbons (Fsp3) is 0.533. The molecule has 1 aromatic carbocycles. The van der Waals surface area contributed by atoms with Gasteiger partial charge in [0.15, 0.2) is 11.5 Å². The highest BCUT2D eigenvalue weighted by Crippen LogP contribution is 2.38. The Hall–Kier alpha value is -1.18. The first-order valence-electron chi connectivity index (χ1n) is 7.06. The SMILES string of the molecule is COc1cc(CC2(C)CNCCN2C(=S)S)cc(OC)c1O. The largest absolute Gasteiger partial charge is 0.502 e. The number of aromatic hydroxyl groups is 1. The highest BCUT2D eigenvalue weighted by atomic mass is 32.1. The summed E-state index contributed by atoms with van der Waals surface area (Å²) in [6.07, 6.45) is 0.730. The molecule has 1 saturated heterocycles. The number of rotatable bonds is 4. The van der Waals surface area contributed by atoms with E-state index in [0.717, 1.165) is 31.6 Å². The van der Waals surface area contributed by atoms with Crippen LogP contribution in [0.3, 0.4) is 0 Å². The van der Waals surface area contributed by atoms with Crippen LogP contribution in [-0.2, 0) is 6.42 Å². The van der Waals surface area contributed by atoms with Gasteiger partial charge in [0.25, 0.3) is 0 Å². The van der Waals surface area contributed by atoms with Gasteiger partial charge in [0.1, 0.15) is 4.32 Å². The van der Waals surface area contributed by atoms with Crippen LogP contribution in [0.25, 0.3) is 0 Å². The van der Waals surface area contributed by atoms with Gasteiger partial charge in [-0.2, -0.15) is 0 Å². The van der Waals surface area contributed by atoms with Gasteiger partial charge in [-0.1, -0.05) is 12.2 Å². The Morgan fingerprint density at radius 1 is 1.41 bits per heavy atom. The Morgan fingerprint density at radius 3 is 2.50 bits per heavy atom. The van der Waals surface area contributed by atoms with E-state index < -0.39 is 0 Å². The first kappa shape index (κ1) is 17.2. The lowest BCUT2D eigenvalue weighted by Gasteiger charge is -2.46. The van der Waals surface area contributed by atoms with Gasteiger partial charge in [-0.15, -0.1) is 12.6 Å². The van der Waals surface area contributed by atoms with E-state index in [1.54, 1.807) is 0 Å². The van der Waals surface area contributed by atoms with Crippen molar-refractivity contribution in [1.82, 2.24) is 10.2 Å². The lowest BCUT2D eigenvalue weighted by atomic mass is 9.89. The maximum atomic E-state index is 10.0. The van der Waals surface area contributed by atoms with Crippen molar-refractivity contribution in [2.45, 2.75) is 18.9 Å². The Labute approximate surface area is 142 Å². The first-order valence-corrected chi connectivity index (χ1v) is 7.92. The molecule has 0 amide bonds. The number of ether oxygens (including phenoxy) is 2. The number of benzene rings is 1. The molecule has 5 nitrogen and oxygen atoms in total. The highest BCUT2D eigenvalue weighted by Gasteiger charge is 2.35. The van der Waals surface area contributed by atoms with E-state index in [4.69, 9.17) is 21.7 Å². The average molecular weight is 342 g/mol. The lowest BCUT2D eigenvalue weighted by molar-refractivity contribution is 0.159. The molecule has 1 atom stereocenters. The molecule has 0 saturated carbocycles. The van der Waals surface area contributed by atoms with Gasteiger partial charge in [0, 0.05) is 19.6 Å². The molecule has 0 spiro atoms. The summed E-state index contributed by atoms with van der Waals surface area (Å²) in [5.74, 6) is 0.825. The molecule has 0 aliphatic carbocycles. The minimum atomic E-state index is -0.190. The molecule has 2 N–H and O–H groups in total. The zero-order valence-corrected chi connectivity index (χ0v) is 14.8. The van der Waals surface area contributed by atoms with Crippen molar-refractivity contribution in [3.05, 3.63) is 17.7 Å². The number of thiocarbonyl (C=S) groups is 1. The van der Waals surface area contributed by atoms with Crippen LogP contribution < -0.4 is 14.8 Å². The molecule has 1 unspecified atom stereocenters. The quantitative estimate of drug-likeness (QED) is 0.573. The summed E-state index contributed by atoms with van der Waals surface area (Å²) in [6, 6.07) is 3.66. The van der Waals surface area contributed by atoms with E-state index in [1.165, 1.54) is 14.2 Å². The second kappa shape index (κ2) is 6.93. The van der Waals surface area contributed by atoms with Crippen LogP contribution in [-0.4, -0.2) is 53.7 Å². The fourth-order valence-electron chi connectivity index (χ4n) is 2.89. The van der Waals surface area contributed by atoms with Gasteiger partial charge in [-0.25, -0.2) is 0 Å². The number of hydrogen-bond acceptors (Lipinski definition) is 5. The molecule has 1 heterocycles. The highest BCUT2D eigenvalue weighted by molar-refractivity contribution is 8.10. The summed E-state index contributed by atoms with van der Waals surface area (Å²) in [4.78, 5) is 2.13. The van der Waals surface area contributed by atoms with Crippen LogP contribution >= 0.6 is 24.8 Å². The average Bonchev–Trinajstić information content (AvgIpc) is 2.48. The molecule has 1 aliphatic rings. The van der Waals surface area contributed by atoms with E-state index in [1.807, 2.05) is 12.1 Å². The van der Waals surface area contributed by atoms with Crippen LogP contribution in [0.15, 0.2) is 12.1 Å². The van der Waals surface area contributed by atoms with Crippen LogP contribution in [0.1, 0.15) is 12.5 Å². The third-order valence-electron chi connectivity index (χ3n) is 4.03. The lowest BCUT2D eigenvalue weighted by Crippen LogP contribution is -2.61. The number of phenols is 1. The van der Waals surface area contributed by atoms with E-state index in [9.17, 15) is 5.11 Å². The number of nitrogens with one attached hydrogen (secondary N) is 1. The van der Waals surface area contributed by atoms with Gasteiger partial charge in [0.05, 0.1) is 19.8 Å². The zero-order chi connectivity index (χ0) is 16.3. The summed E-state index contributed by atoms with van der Waals surface area (Å²) in [5, 5.41) is 13.4. The van der Waals surface area contributed by atoms with Crippen molar-refractivity contribution in [2.24, 2.45) is 0 Å². The Bertz CT molecular complexity index is 543. The van der Waals surface area contributed by atoms with Gasteiger partial charge in [0.2, 0.25) is 5.75 Å². The third kappa shape index (κ3) is 3.42. The minimum absolute atomic E-state index is 0.0160. The third-order valence-corrected chi connectivity index (χ3v) is 4.49. The Morgan fingerprint density at radius 2 is 2.00 bits per heavy atom. The molecular weight excluding hydrogens is 320 g/mol. The molecule has 7 heteroatoms. The smallest absolute Gasteiger partial charge is 0.200 e. The molecule has 0 bridgehead atoms. The van der Waals surface area contributed by atoms with Crippen molar-refractivity contribution in [3.8, 4) is 17.2 Å². The summed E-state index contributed by atoms with van der Waals surface area (Å²) in [7, 11) is 3.05. The van der Waals surface area contributed by atoms with Crippen molar-refractivity contribution in [1.29, 1.82) is 0 Å². The molecule has 1 aliphatic heterocycles. The topological polar surface area (TPSA) is 54.0 Å². The summed E-state index contributed by atoms with van der Waals surface area (Å²) in [5.41, 5.74) is 0.816. The number of phenolic OH excluding ortho intramolecular Hbond substituents is 1. The zero-order valence-electron chi connectivity index (χ0n) is 13.0. The Kier molecular flexibility index (Phi) is 5.41. The molecule has 1 aromatic rings. The number of hydrogen-bond donors (Lipinski definition) is 3. The van der Waals surface area contributed by atoms with Gasteiger partial charge < -0.3 is 24.8 Å². The molecule has 0 radical (unpaired) electrons. The molecule has 22 heavy (non-hydrogen) atoms. The molecule has 1 fully saturated rings. The van der Waals surface area contributed by atoms with Crippen molar-refractivity contribution >= 4 is 29.2 Å². The maximum Gasteiger partial charge on any atom is 0.200 e. The van der Waals surface area contributed by atoms with E-state index >= 15 is 0 Å². The van der Waals surface area contributed by atoms with E-state index in [-0.39, 0.29) is 11.3 Å². The minimum Gasteiger partial charge on any atom is -0.502 e. The van der Waals surface area contributed by atoms with Crippen molar-refractivity contribution in [2.75, 3.05) is 33.9 Å². The number of thiol groups is 1. The van der Waals surface area contributed by atoms with Crippen LogP contribution in [0, 0.1) is 0 Å². The predicted molar refractivity (Wildman–Crippen MR) is 94.5 cm³/mol. The van der Waals surface area contributed by atoms with E-state index in [2.05, 4.69) is 29.8 Å². The maximum absolute atomic E-state index is 10.0. The summed E-state index contributed by atoms with van der Waals surface area (Å²) in [6.45, 7) is 4.66. The molecule has 2 rings (SSSR count). The van der Waals surface area contributed by atoms with Crippen molar-refractivity contribution < 1.29 is 14.6 Å². The van der Waals surface area contributed by atoms with E-state index in [0.29, 0.717) is 15.8 Å². The van der Waals surface area contributed by atoms with Crippen LogP contribution in [0.4, 0.5) is 0 Å². The van der Waals surface area contributed by atoms with Gasteiger partial charge >= 0.3 is 0 Å². The van der Waals surface area contributed by atoms with Gasteiger partial charge in [-0.05, 0) is 31.0 Å². The van der Waals surface area contributed by atoms with Gasteiger partial charge in [-0.3, -0.25) is 0 Å². The number of nitrogens with zero attached hydrogens (tertiary/aromatic N) is 1. The standard InChI is InChI=1S/C15H22N2O3S2/c1-15(9-16-4-5-17(15)14(21)22)8-10-6-11(19-2)13(18)12(7-10)20-3/h6-7,16,18H,4-5,8-9H2,1-3H3,(H,21,22). The monoisotopic (exact) mass is 342 g/mol. The first-order chi connectivity index (χ1) is 10.4. The number of piperazine rings is 1. The van der Waals surface area contributed by atoms with Crippen LogP contribution in [0.2, 0.25) is 0 Å². The molecule has 0 aromatic heterocycles. The number of methoxy groups -OCH3 is 2. The Balaban J connectivity index is 2.34. The van der Waals surface area contributed by atoms with Crippen LogP contribution in [0.5, 0.6) is 17.2 Å².